The Balaban J connectivity index is 2.51. The first kappa shape index (κ1) is 22.0. The maximum atomic E-state index is 12.6. The Morgan fingerprint density at radius 3 is 2.38 bits per heavy atom. The van der Waals surface area contributed by atoms with Gasteiger partial charge < -0.3 is 19.1 Å². The number of esters is 1. The lowest BCUT2D eigenvalue weighted by atomic mass is 10.1. The molecule has 1 unspecified atom stereocenters. The number of nitrogens with zero attached hydrogens (tertiary/aromatic N) is 1. The molecule has 0 spiro atoms. The van der Waals surface area contributed by atoms with Gasteiger partial charge in [0.05, 0.1) is 32.2 Å². The normalized spacial score (nSPS) is 11.9. The SMILES string of the molecule is COC(=O)C(C)CN(CCCOC(C)C)C(=O)CCOc1ccccc1. The van der Waals surface area contributed by atoms with Gasteiger partial charge in [-0.05, 0) is 32.4 Å². The minimum atomic E-state index is -0.370. The molecule has 1 aromatic rings. The van der Waals surface area contributed by atoms with Crippen molar-refractivity contribution in [2.75, 3.05) is 33.4 Å². The average molecular weight is 365 g/mol. The molecule has 146 valence electrons. The second-order valence-corrected chi connectivity index (χ2v) is 6.45. The van der Waals surface area contributed by atoms with Gasteiger partial charge in [-0.2, -0.15) is 0 Å². The van der Waals surface area contributed by atoms with Crippen LogP contribution < -0.4 is 4.74 Å². The number of rotatable bonds is 12. The third-order valence-electron chi connectivity index (χ3n) is 3.80. The molecule has 0 aromatic heterocycles. The molecule has 0 aliphatic carbocycles. The van der Waals surface area contributed by atoms with E-state index in [0.29, 0.717) is 26.3 Å². The van der Waals surface area contributed by atoms with Crippen molar-refractivity contribution in [3.8, 4) is 5.75 Å². The second-order valence-electron chi connectivity index (χ2n) is 6.45. The van der Waals surface area contributed by atoms with Crippen LogP contribution in [0, 0.1) is 5.92 Å². The summed E-state index contributed by atoms with van der Waals surface area (Å²) >= 11 is 0. The van der Waals surface area contributed by atoms with Crippen LogP contribution in [0.3, 0.4) is 0 Å². The van der Waals surface area contributed by atoms with E-state index in [9.17, 15) is 9.59 Å². The quantitative estimate of drug-likeness (QED) is 0.421. The maximum absolute atomic E-state index is 12.6. The van der Waals surface area contributed by atoms with E-state index in [2.05, 4.69) is 0 Å². The van der Waals surface area contributed by atoms with Gasteiger partial charge in [0.15, 0.2) is 0 Å². The molecular weight excluding hydrogens is 334 g/mol. The molecule has 1 aromatic carbocycles. The van der Waals surface area contributed by atoms with E-state index < -0.39 is 0 Å². The third-order valence-corrected chi connectivity index (χ3v) is 3.80. The van der Waals surface area contributed by atoms with Gasteiger partial charge in [-0.15, -0.1) is 0 Å². The van der Waals surface area contributed by atoms with Crippen LogP contribution in [0.2, 0.25) is 0 Å². The fraction of sp³-hybridized carbons (Fsp3) is 0.600. The zero-order valence-electron chi connectivity index (χ0n) is 16.3. The van der Waals surface area contributed by atoms with Crippen molar-refractivity contribution >= 4 is 11.9 Å². The van der Waals surface area contributed by atoms with Crippen LogP contribution in [0.5, 0.6) is 5.75 Å². The largest absolute Gasteiger partial charge is 0.493 e. The number of hydrogen-bond acceptors (Lipinski definition) is 5. The summed E-state index contributed by atoms with van der Waals surface area (Å²) in [5.41, 5.74) is 0. The van der Waals surface area contributed by atoms with Crippen LogP contribution >= 0.6 is 0 Å². The fourth-order valence-electron chi connectivity index (χ4n) is 2.43. The number of ether oxygens (including phenoxy) is 3. The molecule has 6 nitrogen and oxygen atoms in total. The van der Waals surface area contributed by atoms with Gasteiger partial charge in [0, 0.05) is 19.7 Å². The molecule has 0 heterocycles. The van der Waals surface area contributed by atoms with Gasteiger partial charge >= 0.3 is 5.97 Å². The topological polar surface area (TPSA) is 65.1 Å². The van der Waals surface area contributed by atoms with Crippen molar-refractivity contribution in [1.29, 1.82) is 0 Å². The third kappa shape index (κ3) is 8.85. The fourth-order valence-corrected chi connectivity index (χ4v) is 2.43. The lowest BCUT2D eigenvalue weighted by Gasteiger charge is -2.25. The summed E-state index contributed by atoms with van der Waals surface area (Å²) in [5.74, 6) is 0.00752. The summed E-state index contributed by atoms with van der Waals surface area (Å²) in [7, 11) is 1.36. The monoisotopic (exact) mass is 365 g/mol. The van der Waals surface area contributed by atoms with Crippen molar-refractivity contribution in [3.63, 3.8) is 0 Å². The summed E-state index contributed by atoms with van der Waals surface area (Å²) < 4.78 is 15.9. The highest BCUT2D eigenvalue weighted by Gasteiger charge is 2.21. The molecule has 26 heavy (non-hydrogen) atoms. The van der Waals surface area contributed by atoms with Crippen LogP contribution in [0.25, 0.3) is 0 Å². The van der Waals surface area contributed by atoms with Gasteiger partial charge in [0.25, 0.3) is 0 Å². The molecule has 6 heteroatoms. The van der Waals surface area contributed by atoms with E-state index in [1.807, 2.05) is 44.2 Å². The highest BCUT2D eigenvalue weighted by Crippen LogP contribution is 2.10. The van der Waals surface area contributed by atoms with Gasteiger partial charge in [-0.1, -0.05) is 25.1 Å². The first-order valence-corrected chi connectivity index (χ1v) is 9.09. The predicted octanol–water partition coefficient (Wildman–Crippen LogP) is 2.91. The number of benzene rings is 1. The van der Waals surface area contributed by atoms with E-state index in [1.165, 1.54) is 7.11 Å². The molecule has 1 atom stereocenters. The number of carbonyl (C=O) groups is 2. The lowest BCUT2D eigenvalue weighted by molar-refractivity contribution is -0.146. The molecule has 0 N–H and O–H groups in total. The van der Waals surface area contributed by atoms with Crippen LogP contribution in [0.4, 0.5) is 0 Å². The summed E-state index contributed by atoms with van der Waals surface area (Å²) in [6, 6.07) is 9.38. The summed E-state index contributed by atoms with van der Waals surface area (Å²) in [5, 5.41) is 0. The minimum Gasteiger partial charge on any atom is -0.493 e. The van der Waals surface area contributed by atoms with Crippen molar-refractivity contribution in [1.82, 2.24) is 4.90 Å². The Morgan fingerprint density at radius 2 is 1.77 bits per heavy atom. The van der Waals surface area contributed by atoms with E-state index >= 15 is 0 Å². The predicted molar refractivity (Wildman–Crippen MR) is 100 cm³/mol. The Labute approximate surface area is 156 Å². The molecule has 0 bridgehead atoms. The minimum absolute atomic E-state index is 0.0405. The number of para-hydroxylation sites is 1. The summed E-state index contributed by atoms with van der Waals surface area (Å²) in [6.45, 7) is 7.46. The van der Waals surface area contributed by atoms with Crippen LogP contribution in [0.15, 0.2) is 30.3 Å². The standard InChI is InChI=1S/C20H31NO5/c1-16(2)25-13-8-12-21(15-17(3)20(23)24-4)19(22)11-14-26-18-9-6-5-7-10-18/h5-7,9-10,16-17H,8,11-15H2,1-4H3. The highest BCUT2D eigenvalue weighted by molar-refractivity contribution is 5.78. The first-order chi connectivity index (χ1) is 12.4. The maximum Gasteiger partial charge on any atom is 0.310 e. The van der Waals surface area contributed by atoms with Crippen molar-refractivity contribution < 1.29 is 23.8 Å². The van der Waals surface area contributed by atoms with Crippen molar-refractivity contribution in [2.45, 2.75) is 39.7 Å². The zero-order valence-corrected chi connectivity index (χ0v) is 16.3. The van der Waals surface area contributed by atoms with Crippen molar-refractivity contribution in [3.05, 3.63) is 30.3 Å². The number of amides is 1. The molecule has 0 saturated heterocycles. The van der Waals surface area contributed by atoms with Gasteiger partial charge in [-0.25, -0.2) is 0 Å². The molecule has 0 saturated carbocycles. The number of carbonyl (C=O) groups excluding carboxylic acids is 2. The van der Waals surface area contributed by atoms with E-state index in [0.717, 1.165) is 12.2 Å². The molecule has 0 aliphatic rings. The zero-order chi connectivity index (χ0) is 19.4. The molecule has 0 fully saturated rings. The van der Waals surface area contributed by atoms with Gasteiger partial charge in [-0.3, -0.25) is 9.59 Å². The highest BCUT2D eigenvalue weighted by atomic mass is 16.5. The second kappa shape index (κ2) is 12.3. The van der Waals surface area contributed by atoms with Crippen LogP contribution in [0.1, 0.15) is 33.6 Å². The number of methoxy groups -OCH3 is 1. The molecule has 0 aliphatic heterocycles. The Bertz CT molecular complexity index is 532. The average Bonchev–Trinajstić information content (AvgIpc) is 2.63. The Kier molecular flexibility index (Phi) is 10.4. The van der Waals surface area contributed by atoms with Crippen LogP contribution in [-0.2, 0) is 19.1 Å². The van der Waals surface area contributed by atoms with Crippen molar-refractivity contribution in [2.24, 2.45) is 5.92 Å². The summed E-state index contributed by atoms with van der Waals surface area (Å²) in [6.07, 6.45) is 1.14. The summed E-state index contributed by atoms with van der Waals surface area (Å²) in [4.78, 5) is 25.9. The smallest absolute Gasteiger partial charge is 0.310 e. The molecule has 0 radical (unpaired) electrons. The van der Waals surface area contributed by atoms with Crippen LogP contribution in [-0.4, -0.2) is 56.3 Å². The van der Waals surface area contributed by atoms with Gasteiger partial charge in [0.2, 0.25) is 5.91 Å². The first-order valence-electron chi connectivity index (χ1n) is 9.09. The Morgan fingerprint density at radius 1 is 1.08 bits per heavy atom. The van der Waals surface area contributed by atoms with Gasteiger partial charge in [0.1, 0.15) is 5.75 Å². The van der Waals surface area contributed by atoms with E-state index in [1.54, 1.807) is 11.8 Å². The van der Waals surface area contributed by atoms with E-state index in [4.69, 9.17) is 14.2 Å². The lowest BCUT2D eigenvalue weighted by Crippen LogP contribution is -2.39. The van der Waals surface area contributed by atoms with E-state index in [-0.39, 0.29) is 30.3 Å². The Hall–Kier alpha value is -2.08. The molecule has 1 rings (SSSR count). The number of hydrogen-bond donors (Lipinski definition) is 0. The molecular formula is C20H31NO5. The molecule has 1 amide bonds.